The molecule has 0 aromatic carbocycles. The van der Waals surface area contributed by atoms with E-state index in [2.05, 4.69) is 0 Å². The standard InChI is InChI=1S/C11H18N2O2/c1-9(8-12)11(15)13(6-7-14)10-4-2-3-5-10/h9-10,14H,2-7H2,1H3. The van der Waals surface area contributed by atoms with Crippen molar-refractivity contribution in [3.63, 3.8) is 0 Å². The minimum Gasteiger partial charge on any atom is -0.395 e. The van der Waals surface area contributed by atoms with Gasteiger partial charge in [-0.3, -0.25) is 4.79 Å². The Bertz CT molecular complexity index is 254. The minimum atomic E-state index is -0.600. The van der Waals surface area contributed by atoms with Crippen LogP contribution >= 0.6 is 0 Å². The second-order valence-electron chi connectivity index (χ2n) is 4.04. The molecule has 0 aromatic heterocycles. The number of hydrogen-bond donors (Lipinski definition) is 1. The molecule has 0 radical (unpaired) electrons. The normalized spacial score (nSPS) is 18.5. The van der Waals surface area contributed by atoms with Crippen molar-refractivity contribution in [2.24, 2.45) is 5.92 Å². The van der Waals surface area contributed by atoms with Gasteiger partial charge >= 0.3 is 0 Å². The minimum absolute atomic E-state index is 0.0274. The Labute approximate surface area is 90.5 Å². The zero-order valence-electron chi connectivity index (χ0n) is 9.15. The van der Waals surface area contributed by atoms with Crippen molar-refractivity contribution < 1.29 is 9.90 Å². The molecule has 1 aliphatic carbocycles. The van der Waals surface area contributed by atoms with Gasteiger partial charge in [-0.05, 0) is 19.8 Å². The maximum absolute atomic E-state index is 11.8. The van der Waals surface area contributed by atoms with Gasteiger partial charge in [0, 0.05) is 12.6 Å². The number of hydrogen-bond acceptors (Lipinski definition) is 3. The smallest absolute Gasteiger partial charge is 0.239 e. The van der Waals surface area contributed by atoms with Gasteiger partial charge in [-0.25, -0.2) is 0 Å². The molecular formula is C11H18N2O2. The summed E-state index contributed by atoms with van der Waals surface area (Å²) in [6.07, 6.45) is 4.29. The Morgan fingerprint density at radius 1 is 1.60 bits per heavy atom. The Balaban J connectivity index is 2.64. The molecule has 1 saturated carbocycles. The molecule has 1 fully saturated rings. The predicted molar refractivity (Wildman–Crippen MR) is 55.8 cm³/mol. The van der Waals surface area contributed by atoms with Crippen molar-refractivity contribution in [3.05, 3.63) is 0 Å². The molecular weight excluding hydrogens is 192 g/mol. The molecule has 1 N–H and O–H groups in total. The molecule has 15 heavy (non-hydrogen) atoms. The summed E-state index contributed by atoms with van der Waals surface area (Å²) >= 11 is 0. The van der Waals surface area contributed by atoms with Gasteiger partial charge in [-0.15, -0.1) is 0 Å². The quantitative estimate of drug-likeness (QED) is 0.750. The van der Waals surface area contributed by atoms with Gasteiger partial charge in [0.05, 0.1) is 12.7 Å². The Morgan fingerprint density at radius 3 is 2.67 bits per heavy atom. The van der Waals surface area contributed by atoms with Crippen LogP contribution in [-0.4, -0.2) is 35.1 Å². The van der Waals surface area contributed by atoms with E-state index in [-0.39, 0.29) is 18.6 Å². The lowest BCUT2D eigenvalue weighted by Gasteiger charge is -2.29. The fraction of sp³-hybridized carbons (Fsp3) is 0.818. The van der Waals surface area contributed by atoms with Crippen molar-refractivity contribution in [1.82, 2.24) is 4.90 Å². The fourth-order valence-electron chi connectivity index (χ4n) is 2.10. The van der Waals surface area contributed by atoms with Crippen LogP contribution in [0.4, 0.5) is 0 Å². The zero-order chi connectivity index (χ0) is 11.3. The number of carbonyl (C=O) groups excluding carboxylic acids is 1. The Hall–Kier alpha value is -1.08. The van der Waals surface area contributed by atoms with Crippen molar-refractivity contribution in [2.75, 3.05) is 13.2 Å². The predicted octanol–water partition coefficient (Wildman–Crippen LogP) is 0.910. The second-order valence-corrected chi connectivity index (χ2v) is 4.04. The zero-order valence-corrected chi connectivity index (χ0v) is 9.15. The maximum Gasteiger partial charge on any atom is 0.239 e. The van der Waals surface area contributed by atoms with Crippen LogP contribution in [0.1, 0.15) is 32.6 Å². The third kappa shape index (κ3) is 2.93. The Kier molecular flexibility index (Phi) is 4.57. The van der Waals surface area contributed by atoms with Gasteiger partial charge in [0.25, 0.3) is 0 Å². The van der Waals surface area contributed by atoms with Gasteiger partial charge < -0.3 is 10.0 Å². The van der Waals surface area contributed by atoms with E-state index in [9.17, 15) is 4.79 Å². The van der Waals surface area contributed by atoms with E-state index in [0.717, 1.165) is 25.7 Å². The monoisotopic (exact) mass is 210 g/mol. The number of rotatable bonds is 4. The van der Waals surface area contributed by atoms with E-state index in [1.54, 1.807) is 11.8 Å². The molecule has 1 aliphatic rings. The average molecular weight is 210 g/mol. The number of aliphatic hydroxyl groups excluding tert-OH is 1. The van der Waals surface area contributed by atoms with E-state index < -0.39 is 5.92 Å². The first kappa shape index (κ1) is 12.0. The molecule has 0 heterocycles. The summed E-state index contributed by atoms with van der Waals surface area (Å²) in [7, 11) is 0. The van der Waals surface area contributed by atoms with Gasteiger partial charge in [0.1, 0.15) is 5.92 Å². The lowest BCUT2D eigenvalue weighted by Crippen LogP contribution is -2.43. The topological polar surface area (TPSA) is 64.3 Å². The highest BCUT2D eigenvalue weighted by atomic mass is 16.3. The molecule has 0 aliphatic heterocycles. The van der Waals surface area contributed by atoms with E-state index >= 15 is 0 Å². The lowest BCUT2D eigenvalue weighted by molar-refractivity contribution is -0.136. The molecule has 1 unspecified atom stereocenters. The first-order valence-electron chi connectivity index (χ1n) is 5.51. The summed E-state index contributed by atoms with van der Waals surface area (Å²) in [5.41, 5.74) is 0. The summed E-state index contributed by atoms with van der Waals surface area (Å²) in [5.74, 6) is -0.740. The lowest BCUT2D eigenvalue weighted by atomic mass is 10.1. The molecule has 1 atom stereocenters. The number of nitrogens with zero attached hydrogens (tertiary/aromatic N) is 2. The summed E-state index contributed by atoms with van der Waals surface area (Å²) in [5, 5.41) is 17.6. The summed E-state index contributed by atoms with van der Waals surface area (Å²) in [6.45, 7) is 1.94. The second kappa shape index (κ2) is 5.72. The van der Waals surface area contributed by atoms with Crippen LogP contribution in [0.5, 0.6) is 0 Å². The largest absolute Gasteiger partial charge is 0.395 e. The van der Waals surface area contributed by atoms with Crippen LogP contribution in [0.15, 0.2) is 0 Å². The van der Waals surface area contributed by atoms with Crippen LogP contribution < -0.4 is 0 Å². The molecule has 0 spiro atoms. The van der Waals surface area contributed by atoms with Crippen LogP contribution in [0.3, 0.4) is 0 Å². The summed E-state index contributed by atoms with van der Waals surface area (Å²) in [4.78, 5) is 13.5. The van der Waals surface area contributed by atoms with Crippen molar-refractivity contribution in [2.45, 2.75) is 38.6 Å². The van der Waals surface area contributed by atoms with Crippen molar-refractivity contribution in [3.8, 4) is 6.07 Å². The molecule has 4 nitrogen and oxygen atoms in total. The van der Waals surface area contributed by atoms with Crippen molar-refractivity contribution in [1.29, 1.82) is 5.26 Å². The van der Waals surface area contributed by atoms with Gasteiger partial charge in [0.2, 0.25) is 5.91 Å². The first-order chi connectivity index (χ1) is 7.20. The molecule has 1 amide bonds. The van der Waals surface area contributed by atoms with Crippen molar-refractivity contribution >= 4 is 5.91 Å². The first-order valence-corrected chi connectivity index (χ1v) is 5.51. The number of nitriles is 1. The molecule has 0 bridgehead atoms. The van der Waals surface area contributed by atoms with Gasteiger partial charge in [-0.2, -0.15) is 5.26 Å². The van der Waals surface area contributed by atoms with Crippen LogP contribution in [0, 0.1) is 17.2 Å². The van der Waals surface area contributed by atoms with Gasteiger partial charge in [-0.1, -0.05) is 12.8 Å². The van der Waals surface area contributed by atoms with Crippen LogP contribution in [0.25, 0.3) is 0 Å². The number of amides is 1. The van der Waals surface area contributed by atoms with Gasteiger partial charge in [0.15, 0.2) is 0 Å². The van der Waals surface area contributed by atoms with E-state index in [0.29, 0.717) is 6.54 Å². The number of carbonyl (C=O) groups is 1. The third-order valence-electron chi connectivity index (χ3n) is 2.95. The molecule has 0 saturated heterocycles. The summed E-state index contributed by atoms with van der Waals surface area (Å²) in [6, 6.07) is 2.19. The highest BCUT2D eigenvalue weighted by molar-refractivity contribution is 5.81. The molecule has 4 heteroatoms. The van der Waals surface area contributed by atoms with E-state index in [4.69, 9.17) is 10.4 Å². The maximum atomic E-state index is 11.8. The Morgan fingerprint density at radius 2 is 2.20 bits per heavy atom. The highest BCUT2D eigenvalue weighted by Gasteiger charge is 2.28. The van der Waals surface area contributed by atoms with E-state index in [1.165, 1.54) is 0 Å². The average Bonchev–Trinajstić information content (AvgIpc) is 2.77. The van der Waals surface area contributed by atoms with Crippen LogP contribution in [-0.2, 0) is 4.79 Å². The van der Waals surface area contributed by atoms with E-state index in [1.807, 2.05) is 6.07 Å². The molecule has 84 valence electrons. The molecule has 1 rings (SSSR count). The molecule has 0 aromatic rings. The highest BCUT2D eigenvalue weighted by Crippen LogP contribution is 2.24. The van der Waals surface area contributed by atoms with Crippen LogP contribution in [0.2, 0.25) is 0 Å². The number of aliphatic hydroxyl groups is 1. The third-order valence-corrected chi connectivity index (χ3v) is 2.95. The summed E-state index contributed by atoms with van der Waals surface area (Å²) < 4.78 is 0. The fourth-order valence-corrected chi connectivity index (χ4v) is 2.10. The SMILES string of the molecule is CC(C#N)C(=O)N(CCO)C1CCCC1.